The fraction of sp³-hybridized carbons (Fsp3) is 1.00. The molecular weight excluding hydrogens is 167 g/mol. The molecule has 0 bridgehead atoms. The first kappa shape index (κ1) is 10.4. The molecule has 0 aliphatic carbocycles. The smallest absolute Gasteiger partial charge is 0.317 e. The number of hydrogen-bond acceptors (Lipinski definition) is 3. The fourth-order valence-corrected chi connectivity index (χ4v) is 4.81. The van der Waals surface area contributed by atoms with Crippen molar-refractivity contribution in [1.82, 2.24) is 0 Å². The summed E-state index contributed by atoms with van der Waals surface area (Å²) in [4.78, 5) is 0. The summed E-state index contributed by atoms with van der Waals surface area (Å²) in [5, 5.41) is 0. The van der Waals surface area contributed by atoms with Crippen molar-refractivity contribution in [2.24, 2.45) is 0 Å². The molecule has 0 aromatic carbocycles. The van der Waals surface area contributed by atoms with Crippen LogP contribution in [-0.2, 0) is 13.3 Å². The van der Waals surface area contributed by atoms with E-state index in [0.717, 1.165) is 0 Å². The highest BCUT2D eigenvalue weighted by molar-refractivity contribution is 7.54. The van der Waals surface area contributed by atoms with Crippen LogP contribution in [0.5, 0.6) is 0 Å². The lowest BCUT2D eigenvalue weighted by atomic mass is 11.8. The average molecular weight is 182 g/mol. The Kier molecular flexibility index (Phi) is 3.29. The standard InChI is InChI=1S/C5H15O3PSi/c1-7-9(2,6)8-10(3,4)5/h1-5H3. The largest absolute Gasteiger partial charge is 0.351 e. The van der Waals surface area contributed by atoms with Gasteiger partial charge in [-0.3, -0.25) is 4.57 Å². The Balaban J connectivity index is 4.03. The molecule has 0 amide bonds. The van der Waals surface area contributed by atoms with Crippen molar-refractivity contribution in [2.75, 3.05) is 13.8 Å². The third-order valence-corrected chi connectivity index (χ3v) is 4.95. The van der Waals surface area contributed by atoms with Crippen molar-refractivity contribution in [3.05, 3.63) is 0 Å². The maximum atomic E-state index is 11.2. The van der Waals surface area contributed by atoms with E-state index in [9.17, 15) is 4.57 Å². The van der Waals surface area contributed by atoms with Gasteiger partial charge in [-0.1, -0.05) is 0 Å². The third kappa shape index (κ3) is 5.18. The zero-order valence-corrected chi connectivity index (χ0v) is 9.07. The van der Waals surface area contributed by atoms with Gasteiger partial charge in [0.2, 0.25) is 0 Å². The second-order valence-electron chi connectivity index (χ2n) is 3.16. The highest BCUT2D eigenvalue weighted by Gasteiger charge is 2.25. The van der Waals surface area contributed by atoms with Crippen LogP contribution in [0.15, 0.2) is 0 Å². The molecule has 3 nitrogen and oxygen atoms in total. The summed E-state index contributed by atoms with van der Waals surface area (Å²) in [7, 11) is -3.03. The van der Waals surface area contributed by atoms with Crippen molar-refractivity contribution >= 4 is 15.9 Å². The van der Waals surface area contributed by atoms with E-state index >= 15 is 0 Å². The zero-order valence-electron chi connectivity index (χ0n) is 7.17. The summed E-state index contributed by atoms with van der Waals surface area (Å²) in [6, 6.07) is 0. The predicted molar refractivity (Wildman–Crippen MR) is 45.0 cm³/mol. The molecule has 5 heteroatoms. The Morgan fingerprint density at radius 3 is 1.80 bits per heavy atom. The Morgan fingerprint density at radius 2 is 1.70 bits per heavy atom. The molecule has 62 valence electrons. The molecule has 0 fully saturated rings. The van der Waals surface area contributed by atoms with Gasteiger partial charge in [0.05, 0.1) is 0 Å². The Bertz CT molecular complexity index is 151. The predicted octanol–water partition coefficient (Wildman–Crippen LogP) is 2.31. The summed E-state index contributed by atoms with van der Waals surface area (Å²) in [6.45, 7) is 7.41. The van der Waals surface area contributed by atoms with Crippen LogP contribution in [0.3, 0.4) is 0 Å². The molecule has 0 rings (SSSR count). The van der Waals surface area contributed by atoms with Crippen LogP contribution in [0.2, 0.25) is 19.6 Å². The van der Waals surface area contributed by atoms with E-state index in [1.54, 1.807) is 0 Å². The van der Waals surface area contributed by atoms with Crippen LogP contribution >= 0.6 is 7.60 Å². The topological polar surface area (TPSA) is 35.5 Å². The van der Waals surface area contributed by atoms with Gasteiger partial charge in [0, 0.05) is 13.8 Å². The molecule has 0 aliphatic rings. The van der Waals surface area contributed by atoms with Crippen LogP contribution in [0, 0.1) is 0 Å². The lowest BCUT2D eigenvalue weighted by molar-refractivity contribution is 0.327. The van der Waals surface area contributed by atoms with Gasteiger partial charge in [-0.25, -0.2) is 0 Å². The molecule has 0 heterocycles. The van der Waals surface area contributed by atoms with Crippen molar-refractivity contribution in [1.29, 1.82) is 0 Å². The minimum atomic E-state index is -2.73. The zero-order chi connectivity index (χ0) is 8.41. The molecule has 0 aliphatic heterocycles. The summed E-state index contributed by atoms with van der Waals surface area (Å²) in [5.74, 6) is 0. The lowest BCUT2D eigenvalue weighted by Gasteiger charge is -2.21. The van der Waals surface area contributed by atoms with Crippen molar-refractivity contribution < 1.29 is 13.3 Å². The molecule has 0 saturated carbocycles. The van der Waals surface area contributed by atoms with Gasteiger partial charge in [0.15, 0.2) is 8.32 Å². The van der Waals surface area contributed by atoms with Gasteiger partial charge in [0.1, 0.15) is 0 Å². The molecular formula is C5H15O3PSi. The van der Waals surface area contributed by atoms with Crippen LogP contribution in [0.4, 0.5) is 0 Å². The minimum absolute atomic E-state index is 1.40. The molecule has 0 aromatic rings. The van der Waals surface area contributed by atoms with E-state index in [0.29, 0.717) is 0 Å². The highest BCUT2D eigenvalue weighted by Crippen LogP contribution is 2.45. The molecule has 0 spiro atoms. The summed E-state index contributed by atoms with van der Waals surface area (Å²) in [6.07, 6.45) is 0. The van der Waals surface area contributed by atoms with E-state index in [1.807, 2.05) is 19.6 Å². The summed E-state index contributed by atoms with van der Waals surface area (Å²) >= 11 is 0. The second-order valence-corrected chi connectivity index (χ2v) is 10.0. The van der Waals surface area contributed by atoms with E-state index in [4.69, 9.17) is 4.21 Å². The van der Waals surface area contributed by atoms with E-state index < -0.39 is 15.9 Å². The van der Waals surface area contributed by atoms with Gasteiger partial charge in [-0.05, 0) is 19.6 Å². The van der Waals surface area contributed by atoms with Crippen LogP contribution in [-0.4, -0.2) is 22.1 Å². The van der Waals surface area contributed by atoms with Gasteiger partial charge >= 0.3 is 7.60 Å². The fourth-order valence-electron chi connectivity index (χ4n) is 0.535. The Morgan fingerprint density at radius 1 is 1.30 bits per heavy atom. The van der Waals surface area contributed by atoms with Crippen molar-refractivity contribution in [2.45, 2.75) is 19.6 Å². The van der Waals surface area contributed by atoms with E-state index in [-0.39, 0.29) is 0 Å². The minimum Gasteiger partial charge on any atom is -0.351 e. The Labute approximate surface area is 63.4 Å². The van der Waals surface area contributed by atoms with Crippen LogP contribution in [0.1, 0.15) is 0 Å². The van der Waals surface area contributed by atoms with Crippen molar-refractivity contribution in [3.8, 4) is 0 Å². The SMILES string of the molecule is COP(C)(=O)O[Si](C)(C)C. The normalized spacial score (nSPS) is 18.5. The summed E-state index contributed by atoms with van der Waals surface area (Å²) < 4.78 is 21.1. The molecule has 10 heavy (non-hydrogen) atoms. The monoisotopic (exact) mass is 182 g/mol. The maximum Gasteiger partial charge on any atom is 0.317 e. The first-order valence-electron chi connectivity index (χ1n) is 3.11. The maximum absolute atomic E-state index is 11.2. The number of hydrogen-bond donors (Lipinski definition) is 0. The lowest BCUT2D eigenvalue weighted by Crippen LogP contribution is -2.23. The van der Waals surface area contributed by atoms with Gasteiger partial charge in [-0.2, -0.15) is 0 Å². The van der Waals surface area contributed by atoms with Crippen LogP contribution in [0.25, 0.3) is 0 Å². The van der Waals surface area contributed by atoms with Gasteiger partial charge in [0.25, 0.3) is 0 Å². The molecule has 0 radical (unpaired) electrons. The average Bonchev–Trinajstić information content (AvgIpc) is 1.60. The van der Waals surface area contributed by atoms with Crippen LogP contribution < -0.4 is 0 Å². The first-order valence-corrected chi connectivity index (χ1v) is 8.51. The van der Waals surface area contributed by atoms with Gasteiger partial charge in [-0.15, -0.1) is 0 Å². The molecule has 0 saturated heterocycles. The molecule has 0 aromatic heterocycles. The third-order valence-electron chi connectivity index (χ3n) is 0.771. The molecule has 0 N–H and O–H groups in total. The summed E-state index contributed by atoms with van der Waals surface area (Å²) in [5.41, 5.74) is 0. The molecule has 1 unspecified atom stereocenters. The van der Waals surface area contributed by atoms with E-state index in [2.05, 4.69) is 4.52 Å². The number of rotatable bonds is 3. The van der Waals surface area contributed by atoms with E-state index in [1.165, 1.54) is 13.8 Å². The van der Waals surface area contributed by atoms with Crippen molar-refractivity contribution in [3.63, 3.8) is 0 Å². The highest BCUT2D eigenvalue weighted by atomic mass is 31.2. The second kappa shape index (κ2) is 3.18. The molecule has 1 atom stereocenters. The quantitative estimate of drug-likeness (QED) is 0.496. The Hall–Kier alpha value is 0.367. The van der Waals surface area contributed by atoms with Gasteiger partial charge < -0.3 is 8.74 Å². The first-order chi connectivity index (χ1) is 4.27.